The molecule has 2 aromatic heterocycles. The van der Waals surface area contributed by atoms with Crippen LogP contribution in [-0.2, 0) is 24.2 Å². The Labute approximate surface area is 173 Å². The zero-order chi connectivity index (χ0) is 19.9. The van der Waals surface area contributed by atoms with Gasteiger partial charge in [0.25, 0.3) is 0 Å². The lowest BCUT2D eigenvalue weighted by molar-refractivity contribution is -0.113. The maximum absolute atomic E-state index is 12.4. The van der Waals surface area contributed by atoms with Crippen molar-refractivity contribution in [1.29, 1.82) is 0 Å². The number of aryl methyl sites for hydroxylation is 2. The van der Waals surface area contributed by atoms with E-state index in [2.05, 4.69) is 47.4 Å². The molecule has 3 aromatic rings. The van der Waals surface area contributed by atoms with Crippen LogP contribution < -0.4 is 5.32 Å². The Balaban J connectivity index is 1.71. The first-order valence-electron chi connectivity index (χ1n) is 9.28. The Morgan fingerprint density at radius 2 is 2.11 bits per heavy atom. The van der Waals surface area contributed by atoms with E-state index in [1.807, 2.05) is 34.9 Å². The first kappa shape index (κ1) is 20.4. The number of nitrogens with zero attached hydrogens (tertiary/aromatic N) is 3. The van der Waals surface area contributed by atoms with Gasteiger partial charge in [0, 0.05) is 28.1 Å². The van der Waals surface area contributed by atoms with Gasteiger partial charge in [-0.1, -0.05) is 49.9 Å². The van der Waals surface area contributed by atoms with E-state index in [1.165, 1.54) is 16.6 Å². The number of amides is 1. The summed E-state index contributed by atoms with van der Waals surface area (Å²) in [5, 5.41) is 14.5. The van der Waals surface area contributed by atoms with E-state index in [0.717, 1.165) is 40.6 Å². The van der Waals surface area contributed by atoms with Crippen LogP contribution in [-0.4, -0.2) is 26.4 Å². The second-order valence-corrected chi connectivity index (χ2v) is 8.15. The molecule has 5 nitrogen and oxygen atoms in total. The molecule has 0 unspecified atom stereocenters. The molecule has 0 aliphatic rings. The highest BCUT2D eigenvalue weighted by Crippen LogP contribution is 2.28. The summed E-state index contributed by atoms with van der Waals surface area (Å²) in [6.07, 6.45) is 3.70. The third kappa shape index (κ3) is 4.72. The van der Waals surface area contributed by atoms with Crippen LogP contribution in [0.3, 0.4) is 0 Å². The predicted octanol–water partition coefficient (Wildman–Crippen LogP) is 5.05. The van der Waals surface area contributed by atoms with Crippen LogP contribution in [0.2, 0.25) is 0 Å². The number of anilines is 1. The molecule has 2 heterocycles. The van der Waals surface area contributed by atoms with Crippen LogP contribution in [0.1, 0.15) is 24.3 Å². The normalized spacial score (nSPS) is 10.8. The summed E-state index contributed by atoms with van der Waals surface area (Å²) < 4.78 is 2.01. The highest BCUT2D eigenvalue weighted by atomic mass is 32.2. The monoisotopic (exact) mass is 412 g/mol. The number of hydrogen-bond acceptors (Lipinski definition) is 5. The van der Waals surface area contributed by atoms with Gasteiger partial charge in [-0.25, -0.2) is 0 Å². The molecule has 0 atom stereocenters. The van der Waals surface area contributed by atoms with Gasteiger partial charge in [-0.3, -0.25) is 9.36 Å². The molecule has 7 heteroatoms. The van der Waals surface area contributed by atoms with Gasteiger partial charge in [0.15, 0.2) is 11.0 Å². The molecular weight excluding hydrogens is 388 g/mol. The summed E-state index contributed by atoms with van der Waals surface area (Å²) in [5.74, 6) is 1.04. The van der Waals surface area contributed by atoms with Crippen LogP contribution in [0.4, 0.5) is 5.69 Å². The predicted molar refractivity (Wildman–Crippen MR) is 118 cm³/mol. The van der Waals surface area contributed by atoms with Gasteiger partial charge in [-0.15, -0.1) is 28.1 Å². The summed E-state index contributed by atoms with van der Waals surface area (Å²) in [4.78, 5) is 13.7. The van der Waals surface area contributed by atoms with Gasteiger partial charge in [0.05, 0.1) is 5.75 Å². The Morgan fingerprint density at radius 1 is 1.29 bits per heavy atom. The SMILES string of the molecule is C=CCn1c(SCC(=O)Nc2ccccc2CC)nnc1-c1csc(CC)c1. The number of allylic oxidation sites excluding steroid dienone is 1. The van der Waals surface area contributed by atoms with Crippen LogP contribution >= 0.6 is 23.1 Å². The number of thiophene rings is 1. The number of rotatable bonds is 9. The fraction of sp³-hybridized carbons (Fsp3) is 0.286. The number of thioether (sulfide) groups is 1. The Bertz CT molecular complexity index is 961. The minimum absolute atomic E-state index is 0.0515. The number of aromatic nitrogens is 3. The highest BCUT2D eigenvalue weighted by Gasteiger charge is 2.16. The average Bonchev–Trinajstić information content (AvgIpc) is 3.34. The maximum Gasteiger partial charge on any atom is 0.234 e. The molecule has 3 rings (SSSR count). The standard InChI is InChI=1S/C21H24N4OS2/c1-4-11-25-20(16-12-17(6-3)27-13-16)23-24-21(25)28-14-19(26)22-18-10-8-7-9-15(18)5-2/h4,7-10,12-13H,1,5-6,11,14H2,2-3H3,(H,22,26). The second-order valence-electron chi connectivity index (χ2n) is 6.21. The van der Waals surface area contributed by atoms with Gasteiger partial charge >= 0.3 is 0 Å². The fourth-order valence-electron chi connectivity index (χ4n) is 2.85. The van der Waals surface area contributed by atoms with E-state index < -0.39 is 0 Å². The summed E-state index contributed by atoms with van der Waals surface area (Å²) in [6.45, 7) is 8.66. The van der Waals surface area contributed by atoms with Crippen molar-refractivity contribution in [3.8, 4) is 11.4 Å². The van der Waals surface area contributed by atoms with Crippen molar-refractivity contribution < 1.29 is 4.79 Å². The molecule has 0 radical (unpaired) electrons. The number of benzene rings is 1. The summed E-state index contributed by atoms with van der Waals surface area (Å²) in [6, 6.07) is 10.0. The zero-order valence-electron chi connectivity index (χ0n) is 16.1. The summed E-state index contributed by atoms with van der Waals surface area (Å²) in [7, 11) is 0. The van der Waals surface area contributed by atoms with Gasteiger partial charge in [-0.2, -0.15) is 0 Å². The number of carbonyl (C=O) groups is 1. The lowest BCUT2D eigenvalue weighted by Gasteiger charge is -2.10. The molecule has 0 saturated carbocycles. The largest absolute Gasteiger partial charge is 0.325 e. The zero-order valence-corrected chi connectivity index (χ0v) is 17.8. The molecule has 1 amide bonds. The highest BCUT2D eigenvalue weighted by molar-refractivity contribution is 7.99. The van der Waals surface area contributed by atoms with Gasteiger partial charge in [-0.05, 0) is 30.5 Å². The van der Waals surface area contributed by atoms with Crippen LogP contribution in [0, 0.1) is 0 Å². The number of nitrogens with one attached hydrogen (secondary N) is 1. The van der Waals surface area contributed by atoms with E-state index in [9.17, 15) is 4.79 Å². The van der Waals surface area contributed by atoms with Crippen LogP contribution in [0.5, 0.6) is 0 Å². The number of hydrogen-bond donors (Lipinski definition) is 1. The van der Waals surface area contributed by atoms with E-state index >= 15 is 0 Å². The molecule has 28 heavy (non-hydrogen) atoms. The average molecular weight is 413 g/mol. The number of carbonyl (C=O) groups excluding carboxylic acids is 1. The van der Waals surface area contributed by atoms with Crippen LogP contribution in [0.15, 0.2) is 53.5 Å². The first-order chi connectivity index (χ1) is 13.7. The van der Waals surface area contributed by atoms with Gasteiger partial charge in [0.1, 0.15) is 0 Å². The summed E-state index contributed by atoms with van der Waals surface area (Å²) >= 11 is 3.11. The van der Waals surface area contributed by atoms with Crippen molar-refractivity contribution >= 4 is 34.7 Å². The topological polar surface area (TPSA) is 59.8 Å². The Hall–Kier alpha value is -2.38. The van der Waals surface area contributed by atoms with E-state index in [1.54, 1.807) is 11.3 Å². The lowest BCUT2D eigenvalue weighted by atomic mass is 10.1. The minimum atomic E-state index is -0.0515. The second kappa shape index (κ2) is 9.71. The van der Waals surface area contributed by atoms with Crippen molar-refractivity contribution in [2.75, 3.05) is 11.1 Å². The van der Waals surface area contributed by atoms with Crippen molar-refractivity contribution in [3.63, 3.8) is 0 Å². The van der Waals surface area contributed by atoms with Crippen molar-refractivity contribution in [1.82, 2.24) is 14.8 Å². The fourth-order valence-corrected chi connectivity index (χ4v) is 4.41. The molecular formula is C21H24N4OS2. The molecule has 0 aliphatic heterocycles. The van der Waals surface area contributed by atoms with Gasteiger partial charge in [0.2, 0.25) is 5.91 Å². The van der Waals surface area contributed by atoms with Crippen molar-refractivity contribution in [2.45, 2.75) is 38.4 Å². The molecule has 0 bridgehead atoms. The van der Waals surface area contributed by atoms with Crippen molar-refractivity contribution in [3.05, 3.63) is 58.8 Å². The van der Waals surface area contributed by atoms with Gasteiger partial charge < -0.3 is 5.32 Å². The Kier molecular flexibility index (Phi) is 7.06. The van der Waals surface area contributed by atoms with E-state index in [-0.39, 0.29) is 11.7 Å². The Morgan fingerprint density at radius 3 is 2.82 bits per heavy atom. The lowest BCUT2D eigenvalue weighted by Crippen LogP contribution is -2.15. The van der Waals surface area contributed by atoms with E-state index in [0.29, 0.717) is 6.54 Å². The number of para-hydroxylation sites is 1. The smallest absolute Gasteiger partial charge is 0.234 e. The first-order valence-corrected chi connectivity index (χ1v) is 11.1. The third-order valence-corrected chi connectivity index (χ3v) is 6.34. The molecule has 0 spiro atoms. The quantitative estimate of drug-likeness (QED) is 0.395. The maximum atomic E-state index is 12.4. The molecule has 0 aliphatic carbocycles. The molecule has 0 saturated heterocycles. The molecule has 1 aromatic carbocycles. The minimum Gasteiger partial charge on any atom is -0.325 e. The molecule has 0 fully saturated rings. The molecule has 146 valence electrons. The van der Waals surface area contributed by atoms with Crippen LogP contribution in [0.25, 0.3) is 11.4 Å². The summed E-state index contributed by atoms with van der Waals surface area (Å²) in [5.41, 5.74) is 3.06. The third-order valence-electron chi connectivity index (χ3n) is 4.29. The van der Waals surface area contributed by atoms with E-state index in [4.69, 9.17) is 0 Å². The van der Waals surface area contributed by atoms with Crippen molar-refractivity contribution in [2.24, 2.45) is 0 Å². The molecule has 1 N–H and O–H groups in total.